The minimum Gasteiger partial charge on any atom is -0.394 e. The van der Waals surface area contributed by atoms with Crippen molar-refractivity contribution in [1.82, 2.24) is 10.2 Å². The first kappa shape index (κ1) is 18.3. The van der Waals surface area contributed by atoms with E-state index in [1.807, 2.05) is 13.8 Å². The van der Waals surface area contributed by atoms with Crippen LogP contribution >= 0.6 is 0 Å². The number of amides is 2. The number of benzene rings is 1. The molecule has 2 atom stereocenters. The van der Waals surface area contributed by atoms with Gasteiger partial charge in [-0.2, -0.15) is 0 Å². The van der Waals surface area contributed by atoms with E-state index in [4.69, 9.17) is 0 Å². The van der Waals surface area contributed by atoms with Crippen LogP contribution in [0.3, 0.4) is 0 Å². The Kier molecular flexibility index (Phi) is 5.48. The van der Waals surface area contributed by atoms with Crippen LogP contribution in [0.4, 0.5) is 13.2 Å². The average molecular weight is 344 g/mol. The maximum Gasteiger partial charge on any atom is 0.225 e. The number of aliphatic hydroxyl groups excluding tert-OH is 1. The molecule has 0 spiro atoms. The SMILES string of the molecule is CC(C)N1CC(C(=O)NC(CO)c2cc(F)c(F)c(F)c2)CC1=O. The van der Waals surface area contributed by atoms with E-state index in [0.717, 1.165) is 12.1 Å². The highest BCUT2D eigenvalue weighted by Crippen LogP contribution is 2.23. The predicted octanol–water partition coefficient (Wildman–Crippen LogP) is 1.51. The van der Waals surface area contributed by atoms with Crippen molar-refractivity contribution in [1.29, 1.82) is 0 Å². The molecule has 2 N–H and O–H groups in total. The summed E-state index contributed by atoms with van der Waals surface area (Å²) in [6.07, 6.45) is 0.0360. The van der Waals surface area contributed by atoms with Crippen LogP contribution in [0.1, 0.15) is 31.9 Å². The Morgan fingerprint density at radius 1 is 1.33 bits per heavy atom. The Labute approximate surface area is 137 Å². The van der Waals surface area contributed by atoms with Gasteiger partial charge in [0.2, 0.25) is 11.8 Å². The molecule has 132 valence electrons. The smallest absolute Gasteiger partial charge is 0.225 e. The van der Waals surface area contributed by atoms with Crippen LogP contribution in [-0.4, -0.2) is 41.0 Å². The van der Waals surface area contributed by atoms with E-state index in [2.05, 4.69) is 5.32 Å². The molecule has 1 aliphatic heterocycles. The highest BCUT2D eigenvalue weighted by molar-refractivity contribution is 5.89. The van der Waals surface area contributed by atoms with E-state index < -0.39 is 41.9 Å². The van der Waals surface area contributed by atoms with Crippen molar-refractivity contribution in [2.45, 2.75) is 32.4 Å². The Balaban J connectivity index is 2.11. The van der Waals surface area contributed by atoms with Gasteiger partial charge in [0.1, 0.15) is 0 Å². The summed E-state index contributed by atoms with van der Waals surface area (Å²) in [6.45, 7) is 3.29. The van der Waals surface area contributed by atoms with Crippen LogP contribution in [0.2, 0.25) is 0 Å². The fourth-order valence-corrected chi connectivity index (χ4v) is 2.71. The largest absolute Gasteiger partial charge is 0.394 e. The van der Waals surface area contributed by atoms with Crippen molar-refractivity contribution < 1.29 is 27.9 Å². The molecule has 0 saturated carbocycles. The lowest BCUT2D eigenvalue weighted by atomic mass is 10.0. The number of halogens is 3. The first-order valence-corrected chi connectivity index (χ1v) is 7.59. The summed E-state index contributed by atoms with van der Waals surface area (Å²) in [7, 11) is 0. The third-order valence-corrected chi connectivity index (χ3v) is 4.06. The van der Waals surface area contributed by atoms with E-state index in [1.165, 1.54) is 0 Å². The molecule has 1 saturated heterocycles. The van der Waals surface area contributed by atoms with Crippen molar-refractivity contribution >= 4 is 11.8 Å². The summed E-state index contributed by atoms with van der Waals surface area (Å²) in [5.41, 5.74) is -0.0905. The number of rotatable bonds is 5. The van der Waals surface area contributed by atoms with Crippen LogP contribution in [0.25, 0.3) is 0 Å². The van der Waals surface area contributed by atoms with Crippen molar-refractivity contribution in [3.63, 3.8) is 0 Å². The maximum absolute atomic E-state index is 13.3. The van der Waals surface area contributed by atoms with E-state index in [9.17, 15) is 27.9 Å². The summed E-state index contributed by atoms with van der Waals surface area (Å²) in [4.78, 5) is 25.7. The van der Waals surface area contributed by atoms with Gasteiger partial charge in [-0.05, 0) is 31.5 Å². The maximum atomic E-state index is 13.3. The molecule has 0 aromatic heterocycles. The van der Waals surface area contributed by atoms with Gasteiger partial charge in [0.05, 0.1) is 18.6 Å². The molecule has 0 radical (unpaired) electrons. The minimum atomic E-state index is -1.62. The van der Waals surface area contributed by atoms with E-state index in [1.54, 1.807) is 4.90 Å². The van der Waals surface area contributed by atoms with Gasteiger partial charge in [0, 0.05) is 19.0 Å². The topological polar surface area (TPSA) is 69.6 Å². The number of nitrogens with one attached hydrogen (secondary N) is 1. The molecule has 2 amide bonds. The Morgan fingerprint density at radius 3 is 2.38 bits per heavy atom. The summed E-state index contributed by atoms with van der Waals surface area (Å²) < 4.78 is 39.6. The number of hydrogen-bond acceptors (Lipinski definition) is 3. The fraction of sp³-hybridized carbons (Fsp3) is 0.500. The van der Waals surface area contributed by atoms with Crippen LogP contribution in [0.5, 0.6) is 0 Å². The third-order valence-electron chi connectivity index (χ3n) is 4.06. The molecule has 0 bridgehead atoms. The minimum absolute atomic E-state index is 0.0360. The molecule has 1 aromatic rings. The standard InChI is InChI=1S/C16H19F3N2O3/c1-8(2)21-6-10(5-14(21)23)16(24)20-13(7-22)9-3-11(17)15(19)12(18)4-9/h3-4,8,10,13,22H,5-7H2,1-2H3,(H,20,24). The average Bonchev–Trinajstić information content (AvgIpc) is 2.91. The van der Waals surface area contributed by atoms with Crippen molar-refractivity contribution in [2.75, 3.05) is 13.2 Å². The number of carbonyl (C=O) groups excluding carboxylic acids is 2. The van der Waals surface area contributed by atoms with Crippen LogP contribution in [0, 0.1) is 23.4 Å². The molecule has 2 unspecified atom stereocenters. The lowest BCUT2D eigenvalue weighted by Crippen LogP contribution is -2.38. The van der Waals surface area contributed by atoms with Gasteiger partial charge in [-0.25, -0.2) is 13.2 Å². The van der Waals surface area contributed by atoms with Gasteiger partial charge in [0.25, 0.3) is 0 Å². The normalized spacial score (nSPS) is 19.0. The second-order valence-electron chi connectivity index (χ2n) is 6.08. The van der Waals surface area contributed by atoms with E-state index in [0.29, 0.717) is 0 Å². The highest BCUT2D eigenvalue weighted by Gasteiger charge is 2.36. The van der Waals surface area contributed by atoms with Gasteiger partial charge >= 0.3 is 0 Å². The van der Waals surface area contributed by atoms with E-state index >= 15 is 0 Å². The highest BCUT2D eigenvalue weighted by atomic mass is 19.2. The third kappa shape index (κ3) is 3.69. The summed E-state index contributed by atoms with van der Waals surface area (Å²) >= 11 is 0. The molecule has 1 fully saturated rings. The van der Waals surface area contributed by atoms with Gasteiger partial charge < -0.3 is 15.3 Å². The molecule has 2 rings (SSSR count). The molecular weight excluding hydrogens is 325 g/mol. The Hall–Kier alpha value is -2.09. The first-order chi connectivity index (χ1) is 11.2. The zero-order valence-corrected chi connectivity index (χ0v) is 13.4. The monoisotopic (exact) mass is 344 g/mol. The molecule has 0 aliphatic carbocycles. The fourth-order valence-electron chi connectivity index (χ4n) is 2.71. The van der Waals surface area contributed by atoms with Crippen LogP contribution in [-0.2, 0) is 9.59 Å². The van der Waals surface area contributed by atoms with Gasteiger partial charge in [-0.3, -0.25) is 9.59 Å². The summed E-state index contributed by atoms with van der Waals surface area (Å²) in [5, 5.41) is 11.8. The number of nitrogens with zero attached hydrogens (tertiary/aromatic N) is 1. The number of hydrogen-bond donors (Lipinski definition) is 2. The molecule has 1 aliphatic rings. The van der Waals surface area contributed by atoms with Gasteiger partial charge in [0.15, 0.2) is 17.5 Å². The quantitative estimate of drug-likeness (QED) is 0.796. The summed E-state index contributed by atoms with van der Waals surface area (Å²) in [6, 6.07) is 0.314. The molecule has 5 nitrogen and oxygen atoms in total. The van der Waals surface area contributed by atoms with Gasteiger partial charge in [-0.15, -0.1) is 0 Å². The lowest BCUT2D eigenvalue weighted by molar-refractivity contribution is -0.130. The summed E-state index contributed by atoms with van der Waals surface area (Å²) in [5.74, 6) is -5.68. The molecular formula is C16H19F3N2O3. The zero-order valence-electron chi connectivity index (χ0n) is 13.4. The van der Waals surface area contributed by atoms with Gasteiger partial charge in [-0.1, -0.05) is 0 Å². The number of carbonyl (C=O) groups is 2. The number of aliphatic hydroxyl groups is 1. The Bertz CT molecular complexity index is 628. The van der Waals surface area contributed by atoms with E-state index in [-0.39, 0.29) is 30.5 Å². The molecule has 1 aromatic carbocycles. The molecule has 1 heterocycles. The van der Waals surface area contributed by atoms with Crippen LogP contribution < -0.4 is 5.32 Å². The lowest BCUT2D eigenvalue weighted by Gasteiger charge is -2.22. The second-order valence-corrected chi connectivity index (χ2v) is 6.08. The predicted molar refractivity (Wildman–Crippen MR) is 79.2 cm³/mol. The van der Waals surface area contributed by atoms with Crippen molar-refractivity contribution in [2.24, 2.45) is 5.92 Å². The first-order valence-electron chi connectivity index (χ1n) is 7.59. The zero-order chi connectivity index (χ0) is 18.0. The number of likely N-dealkylation sites (tertiary alicyclic amines) is 1. The van der Waals surface area contributed by atoms with Crippen LogP contribution in [0.15, 0.2) is 12.1 Å². The molecule has 8 heteroatoms. The Morgan fingerprint density at radius 2 is 1.92 bits per heavy atom. The second kappa shape index (κ2) is 7.21. The van der Waals surface area contributed by atoms with Crippen molar-refractivity contribution in [3.05, 3.63) is 35.1 Å². The van der Waals surface area contributed by atoms with Crippen molar-refractivity contribution in [3.8, 4) is 0 Å². The molecule has 24 heavy (non-hydrogen) atoms.